The van der Waals surface area contributed by atoms with Crippen LogP contribution < -0.4 is 5.56 Å². The fourth-order valence-electron chi connectivity index (χ4n) is 1.89. The third kappa shape index (κ3) is 1.44. The second kappa shape index (κ2) is 3.55. The molecule has 3 rings (SSSR count). The van der Waals surface area contributed by atoms with Gasteiger partial charge in [0, 0.05) is 11.1 Å². The minimum Gasteiger partial charge on any atom is -0.291 e. The van der Waals surface area contributed by atoms with Crippen LogP contribution >= 0.6 is 0 Å². The Morgan fingerprint density at radius 2 is 2.00 bits per heavy atom. The molecule has 0 saturated carbocycles. The van der Waals surface area contributed by atoms with Gasteiger partial charge in [0.1, 0.15) is 6.33 Å². The fourth-order valence-corrected chi connectivity index (χ4v) is 1.89. The molecule has 0 aliphatic carbocycles. The fraction of sp³-hybridized carbons (Fsp3) is 0.0833. The number of aromatic amines is 1. The first-order chi connectivity index (χ1) is 8.27. The molecular weight excluding hydrogens is 216 g/mol. The smallest absolute Gasteiger partial charge is 0.255 e. The van der Waals surface area contributed by atoms with Gasteiger partial charge in [0.2, 0.25) is 5.78 Å². The number of nitrogens with one attached hydrogen (secondary N) is 1. The van der Waals surface area contributed by atoms with Crippen LogP contribution in [0.2, 0.25) is 0 Å². The molecular formula is C12H10N4O. The van der Waals surface area contributed by atoms with Gasteiger partial charge in [-0.2, -0.15) is 14.6 Å². The zero-order valence-corrected chi connectivity index (χ0v) is 9.21. The van der Waals surface area contributed by atoms with Crippen molar-refractivity contribution >= 4 is 5.78 Å². The van der Waals surface area contributed by atoms with Gasteiger partial charge < -0.3 is 0 Å². The van der Waals surface area contributed by atoms with Crippen LogP contribution in [0.25, 0.3) is 17.0 Å². The standard InChI is InChI=1S/C12H10N4O/c1-8-10(9-5-3-2-4-6-9)16-12(13-7-14-16)15-11(8)17/h2-7H,1H3,(H,13,14,15,17). The molecule has 0 aliphatic rings. The van der Waals surface area contributed by atoms with Gasteiger partial charge in [-0.25, -0.2) is 0 Å². The first kappa shape index (κ1) is 9.77. The Morgan fingerprint density at radius 1 is 1.24 bits per heavy atom. The van der Waals surface area contributed by atoms with Crippen LogP contribution in [0.1, 0.15) is 5.56 Å². The van der Waals surface area contributed by atoms with Crippen LogP contribution in [0.3, 0.4) is 0 Å². The summed E-state index contributed by atoms with van der Waals surface area (Å²) in [6.45, 7) is 1.78. The molecule has 84 valence electrons. The molecule has 17 heavy (non-hydrogen) atoms. The summed E-state index contributed by atoms with van der Waals surface area (Å²) in [5.41, 5.74) is 2.23. The van der Waals surface area contributed by atoms with E-state index in [4.69, 9.17) is 0 Å². The topological polar surface area (TPSA) is 63.1 Å². The van der Waals surface area contributed by atoms with Gasteiger partial charge in [-0.05, 0) is 6.92 Å². The zero-order chi connectivity index (χ0) is 11.8. The Balaban J connectivity index is 2.46. The first-order valence-corrected chi connectivity index (χ1v) is 5.25. The third-order valence-corrected chi connectivity index (χ3v) is 2.73. The summed E-state index contributed by atoms with van der Waals surface area (Å²) < 4.78 is 1.64. The van der Waals surface area contributed by atoms with Crippen molar-refractivity contribution in [3.63, 3.8) is 0 Å². The second-order valence-corrected chi connectivity index (χ2v) is 3.79. The maximum atomic E-state index is 11.8. The lowest BCUT2D eigenvalue weighted by Gasteiger charge is -2.06. The predicted molar refractivity (Wildman–Crippen MR) is 63.8 cm³/mol. The molecule has 2 heterocycles. The SMILES string of the molecule is Cc1c(-c2ccccc2)n2ncnc2[nH]c1=O. The van der Waals surface area contributed by atoms with Crippen molar-refractivity contribution in [1.29, 1.82) is 0 Å². The van der Waals surface area contributed by atoms with Gasteiger partial charge in [-0.15, -0.1) is 0 Å². The number of hydrogen-bond acceptors (Lipinski definition) is 3. The van der Waals surface area contributed by atoms with Gasteiger partial charge in [-0.1, -0.05) is 30.3 Å². The van der Waals surface area contributed by atoms with Gasteiger partial charge in [0.05, 0.1) is 5.69 Å². The number of hydrogen-bond donors (Lipinski definition) is 1. The molecule has 0 radical (unpaired) electrons. The maximum absolute atomic E-state index is 11.8. The highest BCUT2D eigenvalue weighted by Gasteiger charge is 2.11. The number of H-pyrrole nitrogens is 1. The van der Waals surface area contributed by atoms with Gasteiger partial charge in [-0.3, -0.25) is 9.78 Å². The third-order valence-electron chi connectivity index (χ3n) is 2.73. The maximum Gasteiger partial charge on any atom is 0.255 e. The number of fused-ring (bicyclic) bond motifs is 1. The highest BCUT2D eigenvalue weighted by Crippen LogP contribution is 2.20. The molecule has 1 aromatic carbocycles. The molecule has 0 unspecified atom stereocenters. The lowest BCUT2D eigenvalue weighted by Crippen LogP contribution is -2.15. The van der Waals surface area contributed by atoms with Crippen LogP contribution in [0.15, 0.2) is 41.5 Å². The van der Waals surface area contributed by atoms with Crippen molar-refractivity contribution < 1.29 is 0 Å². The van der Waals surface area contributed by atoms with Crippen molar-refractivity contribution in [2.45, 2.75) is 6.92 Å². The van der Waals surface area contributed by atoms with Crippen LogP contribution in [-0.2, 0) is 0 Å². The summed E-state index contributed by atoms with van der Waals surface area (Å²) in [5.74, 6) is 0.458. The Labute approximate surface area is 96.8 Å². The van der Waals surface area contributed by atoms with Gasteiger partial charge in [0.15, 0.2) is 0 Å². The minimum absolute atomic E-state index is 0.135. The summed E-state index contributed by atoms with van der Waals surface area (Å²) >= 11 is 0. The molecule has 5 heteroatoms. The molecule has 0 spiro atoms. The van der Waals surface area contributed by atoms with E-state index in [0.29, 0.717) is 11.3 Å². The average Bonchev–Trinajstić information content (AvgIpc) is 2.79. The van der Waals surface area contributed by atoms with E-state index in [9.17, 15) is 4.79 Å². The van der Waals surface area contributed by atoms with E-state index >= 15 is 0 Å². The van der Waals surface area contributed by atoms with Crippen molar-refractivity contribution in [3.8, 4) is 11.3 Å². The van der Waals surface area contributed by atoms with E-state index in [-0.39, 0.29) is 5.56 Å². The highest BCUT2D eigenvalue weighted by molar-refractivity contribution is 5.64. The summed E-state index contributed by atoms with van der Waals surface area (Å²) in [6, 6.07) is 9.69. The van der Waals surface area contributed by atoms with E-state index in [1.165, 1.54) is 6.33 Å². The van der Waals surface area contributed by atoms with E-state index < -0.39 is 0 Å². The van der Waals surface area contributed by atoms with Crippen LogP contribution in [0.5, 0.6) is 0 Å². The molecule has 0 amide bonds. The lowest BCUT2D eigenvalue weighted by molar-refractivity contribution is 0.925. The van der Waals surface area contributed by atoms with Crippen molar-refractivity contribution in [1.82, 2.24) is 19.6 Å². The number of aromatic nitrogens is 4. The van der Waals surface area contributed by atoms with Crippen molar-refractivity contribution in [2.75, 3.05) is 0 Å². The first-order valence-electron chi connectivity index (χ1n) is 5.25. The molecule has 0 bridgehead atoms. The molecule has 5 nitrogen and oxygen atoms in total. The summed E-state index contributed by atoms with van der Waals surface area (Å²) in [5, 5.41) is 4.13. The van der Waals surface area contributed by atoms with Crippen LogP contribution in [0, 0.1) is 6.92 Å². The molecule has 2 aromatic heterocycles. The van der Waals surface area contributed by atoms with Crippen molar-refractivity contribution in [2.24, 2.45) is 0 Å². The minimum atomic E-state index is -0.135. The molecule has 0 fully saturated rings. The van der Waals surface area contributed by atoms with Gasteiger partial charge >= 0.3 is 0 Å². The quantitative estimate of drug-likeness (QED) is 0.682. The van der Waals surface area contributed by atoms with Gasteiger partial charge in [0.25, 0.3) is 5.56 Å². The normalized spacial score (nSPS) is 10.9. The zero-order valence-electron chi connectivity index (χ0n) is 9.21. The van der Waals surface area contributed by atoms with E-state index in [1.54, 1.807) is 11.4 Å². The van der Waals surface area contributed by atoms with E-state index in [1.807, 2.05) is 30.3 Å². The molecule has 0 atom stereocenters. The average molecular weight is 226 g/mol. The Morgan fingerprint density at radius 3 is 2.76 bits per heavy atom. The molecule has 0 aliphatic heterocycles. The van der Waals surface area contributed by atoms with Crippen LogP contribution in [-0.4, -0.2) is 19.6 Å². The van der Waals surface area contributed by atoms with Crippen LogP contribution in [0.4, 0.5) is 0 Å². The van der Waals surface area contributed by atoms with E-state index in [2.05, 4.69) is 15.1 Å². The molecule has 0 saturated heterocycles. The number of benzene rings is 1. The summed E-state index contributed by atoms with van der Waals surface area (Å²) in [4.78, 5) is 18.5. The Bertz CT molecular complexity index is 727. The monoisotopic (exact) mass is 226 g/mol. The largest absolute Gasteiger partial charge is 0.291 e. The Hall–Kier alpha value is -2.43. The summed E-state index contributed by atoms with van der Waals surface area (Å²) in [7, 11) is 0. The summed E-state index contributed by atoms with van der Waals surface area (Å²) in [6.07, 6.45) is 1.43. The second-order valence-electron chi connectivity index (χ2n) is 3.79. The number of nitrogens with zero attached hydrogens (tertiary/aromatic N) is 3. The number of rotatable bonds is 1. The Kier molecular flexibility index (Phi) is 2.04. The van der Waals surface area contributed by atoms with Crippen molar-refractivity contribution in [3.05, 3.63) is 52.6 Å². The molecule has 3 aromatic rings. The van der Waals surface area contributed by atoms with E-state index in [0.717, 1.165) is 11.3 Å². The highest BCUT2D eigenvalue weighted by atomic mass is 16.1. The molecule has 1 N–H and O–H groups in total. The predicted octanol–water partition coefficient (Wildman–Crippen LogP) is 1.39. The lowest BCUT2D eigenvalue weighted by atomic mass is 10.1.